The minimum absolute atomic E-state index is 1.00. The highest BCUT2D eigenvalue weighted by atomic mass is 13.8. The topological polar surface area (TPSA) is 0 Å². The van der Waals surface area contributed by atoms with Crippen molar-refractivity contribution in [2.45, 2.75) is 66.7 Å². The van der Waals surface area contributed by atoms with Crippen LogP contribution in [0.15, 0.2) is 61.3 Å². The SMILES string of the molecule is C=CC/C(C)=C/C.C=CCC=C(C)C.C=CCCCC. The third-order valence-corrected chi connectivity index (χ3v) is 2.41. The molecule has 0 radical (unpaired) electrons. The van der Waals surface area contributed by atoms with Gasteiger partial charge in [0.1, 0.15) is 0 Å². The zero-order chi connectivity index (χ0) is 16.2. The van der Waals surface area contributed by atoms with Gasteiger partial charge >= 0.3 is 0 Å². The van der Waals surface area contributed by atoms with E-state index in [0.717, 1.165) is 12.8 Å². The van der Waals surface area contributed by atoms with E-state index >= 15 is 0 Å². The highest BCUT2D eigenvalue weighted by Crippen LogP contribution is 1.97. The van der Waals surface area contributed by atoms with Gasteiger partial charge in [-0.15, -0.1) is 19.7 Å². The van der Waals surface area contributed by atoms with Crippen LogP contribution >= 0.6 is 0 Å². The third-order valence-electron chi connectivity index (χ3n) is 2.41. The summed E-state index contributed by atoms with van der Waals surface area (Å²) in [6, 6.07) is 0. The fourth-order valence-corrected chi connectivity index (χ4v) is 1.01. The number of hydrogen-bond acceptors (Lipinski definition) is 0. The summed E-state index contributed by atoms with van der Waals surface area (Å²) in [4.78, 5) is 0. The fourth-order valence-electron chi connectivity index (χ4n) is 1.01. The molecular formula is C20H36. The van der Waals surface area contributed by atoms with Crippen molar-refractivity contribution in [1.82, 2.24) is 0 Å². The van der Waals surface area contributed by atoms with E-state index < -0.39 is 0 Å². The molecule has 0 spiro atoms. The predicted octanol–water partition coefficient (Wildman–Crippen LogP) is 7.42. The second-order valence-electron chi connectivity index (χ2n) is 4.86. The van der Waals surface area contributed by atoms with Crippen molar-refractivity contribution >= 4 is 0 Å². The molecule has 0 fully saturated rings. The van der Waals surface area contributed by atoms with Crippen molar-refractivity contribution in [1.29, 1.82) is 0 Å². The molecule has 0 heterocycles. The van der Waals surface area contributed by atoms with Crippen LogP contribution in [-0.4, -0.2) is 0 Å². The van der Waals surface area contributed by atoms with E-state index in [1.54, 1.807) is 0 Å². The molecule has 0 aromatic carbocycles. The van der Waals surface area contributed by atoms with Crippen LogP contribution in [-0.2, 0) is 0 Å². The second-order valence-corrected chi connectivity index (χ2v) is 4.86. The molecule has 0 aromatic heterocycles. The van der Waals surface area contributed by atoms with E-state index in [0.29, 0.717) is 0 Å². The van der Waals surface area contributed by atoms with Gasteiger partial charge in [-0.25, -0.2) is 0 Å². The third kappa shape index (κ3) is 36.0. The first-order valence-corrected chi connectivity index (χ1v) is 7.57. The molecule has 20 heavy (non-hydrogen) atoms. The van der Waals surface area contributed by atoms with Gasteiger partial charge in [0.25, 0.3) is 0 Å². The summed E-state index contributed by atoms with van der Waals surface area (Å²) in [5, 5.41) is 0. The minimum Gasteiger partial charge on any atom is -0.103 e. The number of hydrogen-bond donors (Lipinski definition) is 0. The molecule has 116 valence electrons. The molecule has 0 N–H and O–H groups in total. The molecule has 0 aliphatic carbocycles. The van der Waals surface area contributed by atoms with Crippen molar-refractivity contribution in [3.8, 4) is 0 Å². The molecule has 0 rings (SSSR count). The van der Waals surface area contributed by atoms with Gasteiger partial charge in [-0.05, 0) is 47.0 Å². The molecule has 0 aromatic rings. The Bertz CT molecular complexity index is 272. The average Bonchev–Trinajstić information content (AvgIpc) is 2.44. The highest BCUT2D eigenvalue weighted by molar-refractivity contribution is 5.00. The molecule has 0 aliphatic heterocycles. The van der Waals surface area contributed by atoms with Crippen molar-refractivity contribution in [3.05, 3.63) is 61.3 Å². The van der Waals surface area contributed by atoms with Crippen molar-refractivity contribution in [3.63, 3.8) is 0 Å². The van der Waals surface area contributed by atoms with Gasteiger partial charge < -0.3 is 0 Å². The van der Waals surface area contributed by atoms with E-state index in [-0.39, 0.29) is 0 Å². The Morgan fingerprint density at radius 3 is 1.70 bits per heavy atom. The van der Waals surface area contributed by atoms with E-state index in [2.05, 4.69) is 59.6 Å². The fraction of sp³-hybridized carbons (Fsp3) is 0.500. The zero-order valence-corrected chi connectivity index (χ0v) is 14.5. The quantitative estimate of drug-likeness (QED) is 0.335. The van der Waals surface area contributed by atoms with Gasteiger partial charge in [-0.3, -0.25) is 0 Å². The molecule has 0 unspecified atom stereocenters. The van der Waals surface area contributed by atoms with Gasteiger partial charge in [-0.2, -0.15) is 0 Å². The van der Waals surface area contributed by atoms with Gasteiger partial charge in [0.15, 0.2) is 0 Å². The average molecular weight is 277 g/mol. The summed E-state index contributed by atoms with van der Waals surface area (Å²) in [6.07, 6.45) is 15.8. The second kappa shape index (κ2) is 22.8. The zero-order valence-electron chi connectivity index (χ0n) is 14.5. The van der Waals surface area contributed by atoms with E-state index in [9.17, 15) is 0 Å². The van der Waals surface area contributed by atoms with Crippen molar-refractivity contribution in [2.24, 2.45) is 0 Å². The van der Waals surface area contributed by atoms with Gasteiger partial charge in [0.2, 0.25) is 0 Å². The number of allylic oxidation sites excluding steroid dienone is 7. The first-order chi connectivity index (χ1) is 9.49. The predicted molar refractivity (Wildman–Crippen MR) is 98.2 cm³/mol. The van der Waals surface area contributed by atoms with E-state index in [1.807, 2.05) is 25.2 Å². The molecule has 0 heteroatoms. The van der Waals surface area contributed by atoms with Crippen LogP contribution < -0.4 is 0 Å². The van der Waals surface area contributed by atoms with Crippen LogP contribution in [0.4, 0.5) is 0 Å². The standard InChI is InChI=1S/2C7H12.C6H12/c1-4-5-6-7(2)3;1-4-6-7(3)5-2;1-3-5-6-4-2/h4,6H,1,5H2,2-3H3;4-5H,1,6H2,2-3H3;3H,1,4-6H2,2H3/b;7-5+;. The van der Waals surface area contributed by atoms with Gasteiger partial charge in [0.05, 0.1) is 0 Å². The maximum absolute atomic E-state index is 3.61. The Balaban J connectivity index is -0.000000218. The lowest BCUT2D eigenvalue weighted by atomic mass is 10.2. The molecule has 0 amide bonds. The number of unbranched alkanes of at least 4 members (excludes halogenated alkanes) is 2. The summed E-state index contributed by atoms with van der Waals surface area (Å²) in [7, 11) is 0. The molecule has 0 nitrogen and oxygen atoms in total. The Kier molecular flexibility index (Phi) is 27.1. The van der Waals surface area contributed by atoms with Crippen LogP contribution in [0, 0.1) is 0 Å². The summed E-state index contributed by atoms with van der Waals surface area (Å²) in [5.41, 5.74) is 2.75. The Morgan fingerprint density at radius 1 is 0.950 bits per heavy atom. The lowest BCUT2D eigenvalue weighted by Crippen LogP contribution is -1.66. The minimum atomic E-state index is 1.00. The summed E-state index contributed by atoms with van der Waals surface area (Å²) in [5.74, 6) is 0. The van der Waals surface area contributed by atoms with Crippen LogP contribution in [0.1, 0.15) is 66.7 Å². The van der Waals surface area contributed by atoms with Gasteiger partial charge in [0, 0.05) is 0 Å². The highest BCUT2D eigenvalue weighted by Gasteiger charge is 1.76. The number of rotatable bonds is 7. The van der Waals surface area contributed by atoms with Crippen molar-refractivity contribution in [2.75, 3.05) is 0 Å². The first kappa shape index (κ1) is 23.8. The molecule has 0 bridgehead atoms. The molecule has 0 atom stereocenters. The maximum atomic E-state index is 3.61. The van der Waals surface area contributed by atoms with Gasteiger partial charge in [-0.1, -0.05) is 61.3 Å². The first-order valence-electron chi connectivity index (χ1n) is 7.57. The van der Waals surface area contributed by atoms with E-state index in [4.69, 9.17) is 0 Å². The molecule has 0 aliphatic rings. The lowest BCUT2D eigenvalue weighted by molar-refractivity contribution is 0.816. The van der Waals surface area contributed by atoms with Crippen molar-refractivity contribution < 1.29 is 0 Å². The monoisotopic (exact) mass is 276 g/mol. The molecular weight excluding hydrogens is 240 g/mol. The normalized spacial score (nSPS) is 9.15. The molecule has 0 saturated carbocycles. The Labute approximate surface area is 128 Å². The van der Waals surface area contributed by atoms with Crippen LogP contribution in [0.5, 0.6) is 0 Å². The maximum Gasteiger partial charge on any atom is -0.0144 e. The van der Waals surface area contributed by atoms with E-state index in [1.165, 1.54) is 30.4 Å². The largest absolute Gasteiger partial charge is 0.103 e. The summed E-state index contributed by atoms with van der Waals surface area (Å²) < 4.78 is 0. The van der Waals surface area contributed by atoms with Crippen LogP contribution in [0.3, 0.4) is 0 Å². The molecule has 0 saturated heterocycles. The summed E-state index contributed by atoms with van der Waals surface area (Å²) in [6.45, 7) is 21.3. The lowest BCUT2D eigenvalue weighted by Gasteiger charge is -1.87. The van der Waals surface area contributed by atoms with Crippen LogP contribution in [0.25, 0.3) is 0 Å². The Morgan fingerprint density at radius 2 is 1.55 bits per heavy atom. The Hall–Kier alpha value is -1.30. The smallest absolute Gasteiger partial charge is 0.0144 e. The van der Waals surface area contributed by atoms with Crippen LogP contribution in [0.2, 0.25) is 0 Å². The summed E-state index contributed by atoms with van der Waals surface area (Å²) >= 11 is 0.